The Morgan fingerprint density at radius 2 is 2.10 bits per heavy atom. The predicted octanol–water partition coefficient (Wildman–Crippen LogP) is 1.80. The van der Waals surface area contributed by atoms with Gasteiger partial charge in [0, 0.05) is 6.04 Å². The normalized spacial score (nSPS) is 23.4. The van der Waals surface area contributed by atoms with Crippen molar-refractivity contribution in [1.82, 2.24) is 19.9 Å². The molecule has 1 fully saturated rings. The van der Waals surface area contributed by atoms with Crippen LogP contribution in [0.25, 0.3) is 11.2 Å². The Hall–Kier alpha value is -2.18. The smallest absolute Gasteiger partial charge is 0.308 e. The Bertz CT molecular complexity index is 612. The molecule has 106 valence electrons. The first-order chi connectivity index (χ1) is 9.75. The molecule has 0 amide bonds. The monoisotopic (exact) mass is 275 g/mol. The Morgan fingerprint density at radius 3 is 2.95 bits per heavy atom. The van der Waals surface area contributed by atoms with E-state index in [9.17, 15) is 9.90 Å². The van der Waals surface area contributed by atoms with Gasteiger partial charge in [0.1, 0.15) is 11.8 Å². The number of hydrogen-bond donors (Lipinski definition) is 3. The lowest BCUT2D eigenvalue weighted by Crippen LogP contribution is -2.34. The summed E-state index contributed by atoms with van der Waals surface area (Å²) < 4.78 is 0. The van der Waals surface area contributed by atoms with Gasteiger partial charge in [0.25, 0.3) is 0 Å². The van der Waals surface area contributed by atoms with E-state index in [1.807, 2.05) is 0 Å². The number of hydrogen-bond acceptors (Lipinski definition) is 5. The number of aromatic nitrogens is 4. The van der Waals surface area contributed by atoms with Gasteiger partial charge in [-0.15, -0.1) is 0 Å². The standard InChI is InChI=1S/C13H17N5O2/c19-13(20)8-4-2-1-3-5-9(8)18-12-10-11(15-6-14-10)16-7-17-12/h6-9H,1-5H2,(H,19,20)(H2,14,15,16,17,18). The molecule has 2 atom stereocenters. The minimum atomic E-state index is -0.737. The van der Waals surface area contributed by atoms with Crippen LogP contribution in [0, 0.1) is 5.92 Å². The molecule has 1 aliphatic rings. The van der Waals surface area contributed by atoms with Crippen molar-refractivity contribution in [1.29, 1.82) is 0 Å². The fourth-order valence-corrected chi connectivity index (χ4v) is 2.83. The van der Waals surface area contributed by atoms with Gasteiger partial charge in [-0.1, -0.05) is 19.3 Å². The summed E-state index contributed by atoms with van der Waals surface area (Å²) in [6, 6.07) is -0.101. The molecule has 7 heteroatoms. The maximum atomic E-state index is 11.4. The molecule has 3 N–H and O–H groups in total. The number of fused-ring (bicyclic) bond motifs is 1. The van der Waals surface area contributed by atoms with Gasteiger partial charge in [-0.2, -0.15) is 0 Å². The molecule has 2 aromatic heterocycles. The summed E-state index contributed by atoms with van der Waals surface area (Å²) in [6.07, 6.45) is 7.66. The summed E-state index contributed by atoms with van der Waals surface area (Å²) in [7, 11) is 0. The van der Waals surface area contributed by atoms with E-state index in [-0.39, 0.29) is 12.0 Å². The highest BCUT2D eigenvalue weighted by molar-refractivity contribution is 5.82. The molecule has 2 unspecified atom stereocenters. The average Bonchev–Trinajstić information content (AvgIpc) is 2.79. The van der Waals surface area contributed by atoms with Gasteiger partial charge in [-0.05, 0) is 12.8 Å². The average molecular weight is 275 g/mol. The number of anilines is 1. The molecule has 0 radical (unpaired) electrons. The molecular formula is C13H17N5O2. The zero-order valence-electron chi connectivity index (χ0n) is 11.0. The zero-order valence-corrected chi connectivity index (χ0v) is 11.0. The SMILES string of the molecule is O=C(O)C1CCCCCC1Nc1ncnc2nc[nH]c12. The summed E-state index contributed by atoms with van der Waals surface area (Å²) in [4.78, 5) is 26.8. The van der Waals surface area contributed by atoms with Crippen LogP contribution in [0.1, 0.15) is 32.1 Å². The van der Waals surface area contributed by atoms with Crippen molar-refractivity contribution in [2.45, 2.75) is 38.1 Å². The molecule has 7 nitrogen and oxygen atoms in total. The first kappa shape index (κ1) is 12.8. The highest BCUT2D eigenvalue weighted by atomic mass is 16.4. The Balaban J connectivity index is 1.87. The number of aromatic amines is 1. The minimum absolute atomic E-state index is 0.101. The summed E-state index contributed by atoms with van der Waals surface area (Å²) in [5.74, 6) is -0.476. The highest BCUT2D eigenvalue weighted by Crippen LogP contribution is 2.27. The van der Waals surface area contributed by atoms with Gasteiger partial charge in [0.05, 0.1) is 12.2 Å². The quantitative estimate of drug-likeness (QED) is 0.738. The lowest BCUT2D eigenvalue weighted by Gasteiger charge is -2.23. The van der Waals surface area contributed by atoms with Crippen LogP contribution in [0.5, 0.6) is 0 Å². The van der Waals surface area contributed by atoms with Crippen molar-refractivity contribution in [2.24, 2.45) is 5.92 Å². The fourth-order valence-electron chi connectivity index (χ4n) is 2.83. The first-order valence-electron chi connectivity index (χ1n) is 6.89. The third-order valence-electron chi connectivity index (χ3n) is 3.88. The second-order valence-electron chi connectivity index (χ2n) is 5.16. The van der Waals surface area contributed by atoms with E-state index in [0.29, 0.717) is 17.9 Å². The third-order valence-corrected chi connectivity index (χ3v) is 3.88. The van der Waals surface area contributed by atoms with Crippen molar-refractivity contribution in [2.75, 3.05) is 5.32 Å². The van der Waals surface area contributed by atoms with Crippen LogP contribution < -0.4 is 5.32 Å². The number of carboxylic acid groups (broad SMARTS) is 1. The number of H-pyrrole nitrogens is 1. The van der Waals surface area contributed by atoms with Crippen molar-refractivity contribution in [3.8, 4) is 0 Å². The van der Waals surface area contributed by atoms with Crippen LogP contribution in [-0.4, -0.2) is 37.1 Å². The predicted molar refractivity (Wildman–Crippen MR) is 73.3 cm³/mol. The first-order valence-corrected chi connectivity index (χ1v) is 6.89. The number of imidazole rings is 1. The van der Waals surface area contributed by atoms with E-state index in [4.69, 9.17) is 0 Å². The van der Waals surface area contributed by atoms with Crippen LogP contribution in [0.15, 0.2) is 12.7 Å². The maximum Gasteiger partial charge on any atom is 0.308 e. The number of nitrogens with zero attached hydrogens (tertiary/aromatic N) is 3. The van der Waals surface area contributed by atoms with E-state index in [1.54, 1.807) is 6.33 Å². The molecule has 1 aliphatic carbocycles. The van der Waals surface area contributed by atoms with Crippen molar-refractivity contribution in [3.63, 3.8) is 0 Å². The van der Waals surface area contributed by atoms with E-state index < -0.39 is 5.97 Å². The number of aliphatic carboxylic acids is 1. The third kappa shape index (κ3) is 2.43. The Kier molecular flexibility index (Phi) is 3.49. The van der Waals surface area contributed by atoms with Crippen LogP contribution in [0.3, 0.4) is 0 Å². The molecule has 0 spiro atoms. The fraction of sp³-hybridized carbons (Fsp3) is 0.538. The Morgan fingerprint density at radius 1 is 1.25 bits per heavy atom. The van der Waals surface area contributed by atoms with Crippen LogP contribution in [0.4, 0.5) is 5.82 Å². The topological polar surface area (TPSA) is 104 Å². The van der Waals surface area contributed by atoms with Crippen LogP contribution in [0.2, 0.25) is 0 Å². The van der Waals surface area contributed by atoms with E-state index >= 15 is 0 Å². The van der Waals surface area contributed by atoms with E-state index in [0.717, 1.165) is 31.2 Å². The van der Waals surface area contributed by atoms with E-state index in [2.05, 4.69) is 25.3 Å². The largest absolute Gasteiger partial charge is 0.481 e. The molecule has 0 aromatic carbocycles. The number of carbonyl (C=O) groups is 1. The molecule has 0 saturated heterocycles. The van der Waals surface area contributed by atoms with Crippen LogP contribution in [-0.2, 0) is 4.79 Å². The summed E-state index contributed by atoms with van der Waals surface area (Å²) in [5.41, 5.74) is 1.31. The van der Waals surface area contributed by atoms with Gasteiger partial charge in [0.2, 0.25) is 0 Å². The van der Waals surface area contributed by atoms with Gasteiger partial charge < -0.3 is 15.4 Å². The lowest BCUT2D eigenvalue weighted by atomic mass is 9.95. The molecule has 2 aromatic rings. The second-order valence-corrected chi connectivity index (χ2v) is 5.16. The van der Waals surface area contributed by atoms with Gasteiger partial charge >= 0.3 is 5.97 Å². The van der Waals surface area contributed by atoms with Crippen molar-refractivity contribution >= 4 is 23.0 Å². The van der Waals surface area contributed by atoms with Crippen molar-refractivity contribution < 1.29 is 9.90 Å². The summed E-state index contributed by atoms with van der Waals surface area (Å²) in [6.45, 7) is 0. The second kappa shape index (κ2) is 5.44. The molecular weight excluding hydrogens is 258 g/mol. The molecule has 20 heavy (non-hydrogen) atoms. The molecule has 2 heterocycles. The minimum Gasteiger partial charge on any atom is -0.481 e. The molecule has 0 bridgehead atoms. The summed E-state index contributed by atoms with van der Waals surface area (Å²) in [5, 5.41) is 12.7. The molecule has 3 rings (SSSR count). The van der Waals surface area contributed by atoms with Crippen LogP contribution >= 0.6 is 0 Å². The van der Waals surface area contributed by atoms with Gasteiger partial charge in [0.15, 0.2) is 11.5 Å². The van der Waals surface area contributed by atoms with Crippen molar-refractivity contribution in [3.05, 3.63) is 12.7 Å². The number of nitrogens with one attached hydrogen (secondary N) is 2. The highest BCUT2D eigenvalue weighted by Gasteiger charge is 2.30. The molecule has 0 aliphatic heterocycles. The zero-order chi connectivity index (χ0) is 13.9. The maximum absolute atomic E-state index is 11.4. The van der Waals surface area contributed by atoms with Gasteiger partial charge in [-0.25, -0.2) is 15.0 Å². The molecule has 1 saturated carbocycles. The number of rotatable bonds is 3. The Labute approximate surface area is 115 Å². The summed E-state index contributed by atoms with van der Waals surface area (Å²) >= 11 is 0. The number of carboxylic acids is 1. The lowest BCUT2D eigenvalue weighted by molar-refractivity contribution is -0.142. The van der Waals surface area contributed by atoms with Gasteiger partial charge in [-0.3, -0.25) is 4.79 Å². The van der Waals surface area contributed by atoms with E-state index in [1.165, 1.54) is 6.33 Å².